The van der Waals surface area contributed by atoms with Crippen LogP contribution in [-0.2, 0) is 23.1 Å². The minimum atomic E-state index is -0.924. The fraction of sp³-hybridized carbons (Fsp3) is 0.469. The number of carbonyl (C=O) groups is 3. The summed E-state index contributed by atoms with van der Waals surface area (Å²) in [5.74, 6) is -0.143. The number of amides is 3. The van der Waals surface area contributed by atoms with Gasteiger partial charge in [0.05, 0.1) is 18.0 Å². The lowest BCUT2D eigenvalue weighted by molar-refractivity contribution is -0.130. The third-order valence-corrected chi connectivity index (χ3v) is 8.31. The molecule has 1 aliphatic heterocycles. The zero-order valence-corrected chi connectivity index (χ0v) is 24.9. The first-order chi connectivity index (χ1) is 20.2. The van der Waals surface area contributed by atoms with E-state index in [2.05, 4.69) is 27.3 Å². The lowest BCUT2D eigenvalue weighted by Crippen LogP contribution is -2.49. The summed E-state index contributed by atoms with van der Waals surface area (Å²) in [5.41, 5.74) is 3.96. The van der Waals surface area contributed by atoms with E-state index in [0.717, 1.165) is 28.7 Å². The maximum atomic E-state index is 12.9. The quantitative estimate of drug-likeness (QED) is 0.177. The van der Waals surface area contributed by atoms with E-state index in [0.29, 0.717) is 55.7 Å². The van der Waals surface area contributed by atoms with Gasteiger partial charge in [-0.05, 0) is 99.0 Å². The van der Waals surface area contributed by atoms with Crippen LogP contribution in [0.2, 0.25) is 0 Å². The monoisotopic (exact) mass is 571 g/mol. The van der Waals surface area contributed by atoms with Gasteiger partial charge in [0.15, 0.2) is 0 Å². The molecule has 3 amide bonds. The fourth-order valence-corrected chi connectivity index (χ4v) is 6.27. The van der Waals surface area contributed by atoms with E-state index >= 15 is 0 Å². The number of aryl methyl sites for hydroxylation is 2. The number of nitrogens with zero attached hydrogens (tertiary/aromatic N) is 2. The van der Waals surface area contributed by atoms with Crippen molar-refractivity contribution < 1.29 is 14.4 Å². The third-order valence-electron chi connectivity index (χ3n) is 8.31. The van der Waals surface area contributed by atoms with Crippen LogP contribution in [0.3, 0.4) is 0 Å². The van der Waals surface area contributed by atoms with Gasteiger partial charge in [0.2, 0.25) is 5.91 Å². The predicted molar refractivity (Wildman–Crippen MR) is 162 cm³/mol. The summed E-state index contributed by atoms with van der Waals surface area (Å²) in [5, 5.41) is 30.9. The Morgan fingerprint density at radius 1 is 1.02 bits per heavy atom. The second-order valence-electron chi connectivity index (χ2n) is 11.3. The van der Waals surface area contributed by atoms with Crippen LogP contribution >= 0.6 is 0 Å². The van der Waals surface area contributed by atoms with Crippen LogP contribution in [0, 0.1) is 16.7 Å². The normalized spacial score (nSPS) is 17.0. The molecule has 1 heterocycles. The average molecular weight is 572 g/mol. The van der Waals surface area contributed by atoms with Gasteiger partial charge in [0.1, 0.15) is 11.9 Å². The number of rotatable bonds is 9. The Kier molecular flexibility index (Phi) is 9.63. The van der Waals surface area contributed by atoms with E-state index in [-0.39, 0.29) is 36.3 Å². The van der Waals surface area contributed by atoms with Crippen molar-refractivity contribution >= 4 is 23.6 Å². The summed E-state index contributed by atoms with van der Waals surface area (Å²) >= 11 is 0. The third kappa shape index (κ3) is 6.02. The maximum Gasteiger partial charge on any atom is 0.251 e. The van der Waals surface area contributed by atoms with Crippen molar-refractivity contribution in [3.8, 4) is 6.07 Å². The summed E-state index contributed by atoms with van der Waals surface area (Å²) in [4.78, 5) is 39.7. The van der Waals surface area contributed by atoms with Gasteiger partial charge in [-0.3, -0.25) is 19.8 Å². The highest BCUT2D eigenvalue weighted by atomic mass is 16.2. The van der Waals surface area contributed by atoms with Crippen molar-refractivity contribution in [1.82, 2.24) is 26.2 Å². The molecule has 0 unspecified atom stereocenters. The molecule has 0 spiro atoms. The van der Waals surface area contributed by atoms with Crippen molar-refractivity contribution in [2.75, 3.05) is 33.7 Å². The molecule has 5 N–H and O–H groups in total. The van der Waals surface area contributed by atoms with E-state index in [1.54, 1.807) is 31.1 Å². The Bertz CT molecular complexity index is 1340. The van der Waals surface area contributed by atoms with Crippen LogP contribution in [0.25, 0.3) is 0 Å². The molecule has 0 bridgehead atoms. The molecule has 0 radical (unpaired) electrons. The molecular weight excluding hydrogens is 530 g/mol. The zero-order chi connectivity index (χ0) is 30.4. The number of amidine groups is 1. The Morgan fingerprint density at radius 3 is 2.10 bits per heavy atom. The number of fused-ring (bicyclic) bond motifs is 2. The van der Waals surface area contributed by atoms with Gasteiger partial charge in [0.25, 0.3) is 11.8 Å². The molecule has 0 saturated carbocycles. The Labute approximate surface area is 247 Å². The van der Waals surface area contributed by atoms with E-state index in [4.69, 9.17) is 0 Å². The summed E-state index contributed by atoms with van der Waals surface area (Å²) < 4.78 is 0. The number of benzene rings is 2. The van der Waals surface area contributed by atoms with E-state index in [1.807, 2.05) is 38.1 Å². The number of nitrogens with one attached hydrogen (secondary N) is 5. The van der Waals surface area contributed by atoms with Gasteiger partial charge in [0, 0.05) is 37.8 Å². The smallest absolute Gasteiger partial charge is 0.251 e. The summed E-state index contributed by atoms with van der Waals surface area (Å²) in [7, 11) is 3.20. The molecule has 2 aromatic carbocycles. The lowest BCUT2D eigenvalue weighted by Gasteiger charge is -2.38. The Balaban J connectivity index is 1.77. The van der Waals surface area contributed by atoms with Crippen LogP contribution in [0.1, 0.15) is 76.1 Å². The molecule has 10 heteroatoms. The molecule has 1 atom stereocenters. The van der Waals surface area contributed by atoms with Crippen LogP contribution in [0.5, 0.6) is 0 Å². The number of hydrogen-bond donors (Lipinski definition) is 5. The first-order valence-corrected chi connectivity index (χ1v) is 14.6. The van der Waals surface area contributed by atoms with Crippen molar-refractivity contribution in [3.05, 3.63) is 69.8 Å². The van der Waals surface area contributed by atoms with Crippen LogP contribution < -0.4 is 21.3 Å². The summed E-state index contributed by atoms with van der Waals surface area (Å²) in [6.45, 7) is 5.09. The number of carbonyl (C=O) groups excluding carboxylic acids is 3. The fourth-order valence-electron chi connectivity index (χ4n) is 6.27. The van der Waals surface area contributed by atoms with Crippen LogP contribution in [-0.4, -0.2) is 74.3 Å². The highest BCUT2D eigenvalue weighted by Gasteiger charge is 2.43. The largest absolute Gasteiger partial charge is 0.371 e. The summed E-state index contributed by atoms with van der Waals surface area (Å²) in [6, 6.07) is 13.1. The molecule has 1 fully saturated rings. The van der Waals surface area contributed by atoms with Gasteiger partial charge in [-0.1, -0.05) is 12.1 Å². The molecule has 2 aliphatic rings. The number of likely N-dealkylation sites (tertiary alicyclic amines) is 1. The highest BCUT2D eigenvalue weighted by Crippen LogP contribution is 2.43. The van der Waals surface area contributed by atoms with Gasteiger partial charge >= 0.3 is 0 Å². The highest BCUT2D eigenvalue weighted by molar-refractivity contribution is 5.98. The second kappa shape index (κ2) is 13.2. The van der Waals surface area contributed by atoms with Gasteiger partial charge < -0.3 is 26.2 Å². The van der Waals surface area contributed by atoms with Crippen LogP contribution in [0.4, 0.5) is 0 Å². The summed E-state index contributed by atoms with van der Waals surface area (Å²) in [6.07, 6.45) is 3.26. The molecule has 2 aromatic rings. The van der Waals surface area contributed by atoms with Crippen molar-refractivity contribution in [2.45, 2.75) is 63.5 Å². The van der Waals surface area contributed by atoms with Crippen molar-refractivity contribution in [2.24, 2.45) is 0 Å². The van der Waals surface area contributed by atoms with E-state index in [9.17, 15) is 25.1 Å². The van der Waals surface area contributed by atoms with Gasteiger partial charge in [-0.25, -0.2) is 0 Å². The molecule has 1 saturated heterocycles. The van der Waals surface area contributed by atoms with Gasteiger partial charge in [-0.15, -0.1) is 0 Å². The Hall–Kier alpha value is -4.23. The zero-order valence-electron chi connectivity index (χ0n) is 24.9. The Morgan fingerprint density at radius 2 is 1.60 bits per heavy atom. The van der Waals surface area contributed by atoms with Gasteiger partial charge in [-0.2, -0.15) is 5.26 Å². The van der Waals surface area contributed by atoms with E-state index < -0.39 is 5.41 Å². The lowest BCUT2D eigenvalue weighted by atomic mass is 9.68. The topological polar surface area (TPSA) is 150 Å². The number of hydrogen-bond acceptors (Lipinski definition) is 6. The minimum Gasteiger partial charge on any atom is -0.371 e. The second-order valence-corrected chi connectivity index (χ2v) is 11.3. The SMILES string of the molecule is CNC(=O)c1ccc2c(c1)CCc1cc(C(=O)NC)ccc1C2(CCNCC(=O)N1CCC[C@H]1C#N)C(=N)NC(C)C. The molecule has 42 heavy (non-hydrogen) atoms. The molecule has 222 valence electrons. The minimum absolute atomic E-state index is 0.00701. The molecule has 0 aromatic heterocycles. The maximum absolute atomic E-state index is 12.9. The van der Waals surface area contributed by atoms with E-state index in [1.165, 1.54) is 0 Å². The molecule has 4 rings (SSSR count). The molecular formula is C32H41N7O3. The molecule has 10 nitrogen and oxygen atoms in total. The van der Waals surface area contributed by atoms with Crippen molar-refractivity contribution in [1.29, 1.82) is 10.7 Å². The standard InChI is InChI=1S/C32H41N7O3/c1-20(2)38-31(34)32(13-14-37-19-28(40)39-15-5-6-25(39)18-33)26-11-9-23(29(41)35-3)16-21(26)7-8-22-17-24(30(42)36-4)10-12-27(22)32/h9-12,16-17,20,25,37H,5-8,13-15,19H2,1-4H3,(H2,34,38)(H,35,41)(H,36,42)/t25-/m0/s1. The molecule has 1 aliphatic carbocycles. The number of nitriles is 1. The predicted octanol–water partition coefficient (Wildman–Crippen LogP) is 2.26. The van der Waals surface area contributed by atoms with Crippen molar-refractivity contribution in [3.63, 3.8) is 0 Å². The van der Waals surface area contributed by atoms with Crippen LogP contribution in [0.15, 0.2) is 36.4 Å². The first kappa shape index (κ1) is 30.7. The average Bonchev–Trinajstić information content (AvgIpc) is 3.43. The first-order valence-electron chi connectivity index (χ1n) is 14.6.